The molecule has 2 aromatic rings. The molecule has 0 unspecified atom stereocenters. The Balaban J connectivity index is 1.34. The predicted molar refractivity (Wildman–Crippen MR) is 106 cm³/mol. The van der Waals surface area contributed by atoms with Gasteiger partial charge >= 0.3 is 0 Å². The molecule has 1 aliphatic heterocycles. The lowest BCUT2D eigenvalue weighted by atomic mass is 9.92. The Labute approximate surface area is 161 Å². The first kappa shape index (κ1) is 18.4. The van der Waals surface area contributed by atoms with E-state index in [1.165, 1.54) is 18.5 Å². The number of piperidine rings is 1. The summed E-state index contributed by atoms with van der Waals surface area (Å²) < 4.78 is 4.04. The van der Waals surface area contributed by atoms with E-state index in [9.17, 15) is 4.79 Å². The highest BCUT2D eigenvalue weighted by molar-refractivity contribution is 5.10. The highest BCUT2D eigenvalue weighted by Crippen LogP contribution is 2.36. The predicted octanol–water partition coefficient (Wildman–Crippen LogP) is 2.98. The second-order valence-electron chi connectivity index (χ2n) is 9.23. The van der Waals surface area contributed by atoms with E-state index in [4.69, 9.17) is 0 Å². The Bertz CT molecular complexity index is 835. The van der Waals surface area contributed by atoms with Gasteiger partial charge in [0.2, 0.25) is 0 Å². The topological polar surface area (TPSA) is 56.0 Å². The van der Waals surface area contributed by atoms with Crippen LogP contribution in [0.2, 0.25) is 0 Å². The van der Waals surface area contributed by atoms with Gasteiger partial charge in [0, 0.05) is 36.8 Å². The molecule has 4 rings (SSSR count). The Morgan fingerprint density at radius 3 is 2.52 bits per heavy atom. The second-order valence-corrected chi connectivity index (χ2v) is 9.23. The van der Waals surface area contributed by atoms with Crippen LogP contribution < -0.4 is 5.56 Å². The van der Waals surface area contributed by atoms with E-state index in [0.29, 0.717) is 12.0 Å². The molecule has 1 aliphatic carbocycles. The lowest BCUT2D eigenvalue weighted by Gasteiger charge is -2.32. The molecule has 1 saturated heterocycles. The van der Waals surface area contributed by atoms with Gasteiger partial charge in [-0.1, -0.05) is 20.8 Å². The van der Waals surface area contributed by atoms with Crippen molar-refractivity contribution in [1.82, 2.24) is 24.2 Å². The number of rotatable bonds is 5. The summed E-state index contributed by atoms with van der Waals surface area (Å²) in [6, 6.07) is 4.22. The van der Waals surface area contributed by atoms with E-state index in [1.807, 2.05) is 18.6 Å². The molecule has 2 fully saturated rings. The van der Waals surface area contributed by atoms with Crippen LogP contribution in [0.25, 0.3) is 0 Å². The lowest BCUT2D eigenvalue weighted by Crippen LogP contribution is -2.37. The highest BCUT2D eigenvalue weighted by Gasteiger charge is 2.27. The van der Waals surface area contributed by atoms with Crippen molar-refractivity contribution < 1.29 is 0 Å². The fourth-order valence-electron chi connectivity index (χ4n) is 3.92. The van der Waals surface area contributed by atoms with Gasteiger partial charge < -0.3 is 4.57 Å². The summed E-state index contributed by atoms with van der Waals surface area (Å²) in [4.78, 5) is 19.1. The molecule has 0 amide bonds. The van der Waals surface area contributed by atoms with Crippen molar-refractivity contribution in [1.29, 1.82) is 0 Å². The number of imidazole rings is 1. The van der Waals surface area contributed by atoms with Gasteiger partial charge in [-0.05, 0) is 50.8 Å². The summed E-state index contributed by atoms with van der Waals surface area (Å²) in [5.74, 6) is 0.523. The summed E-state index contributed by atoms with van der Waals surface area (Å²) in [6.45, 7) is 10.3. The maximum atomic E-state index is 12.2. The second kappa shape index (κ2) is 7.23. The van der Waals surface area contributed by atoms with Crippen LogP contribution in [0.1, 0.15) is 63.9 Å². The van der Waals surface area contributed by atoms with Gasteiger partial charge in [0.15, 0.2) is 0 Å². The van der Waals surface area contributed by atoms with Crippen LogP contribution >= 0.6 is 0 Å². The molecular weight excluding hydrogens is 338 g/mol. The van der Waals surface area contributed by atoms with E-state index in [1.54, 1.807) is 10.7 Å². The third kappa shape index (κ3) is 4.32. The Kier molecular flexibility index (Phi) is 4.93. The minimum Gasteiger partial charge on any atom is -0.330 e. The zero-order valence-corrected chi connectivity index (χ0v) is 16.8. The monoisotopic (exact) mass is 369 g/mol. The molecule has 146 valence electrons. The van der Waals surface area contributed by atoms with Gasteiger partial charge in [-0.2, -0.15) is 5.10 Å². The molecule has 1 saturated carbocycles. The van der Waals surface area contributed by atoms with Crippen molar-refractivity contribution in [3.63, 3.8) is 0 Å². The molecular formula is C21H31N5O. The molecule has 2 aromatic heterocycles. The quantitative estimate of drug-likeness (QED) is 0.813. The van der Waals surface area contributed by atoms with Crippen LogP contribution in [-0.2, 0) is 18.5 Å². The van der Waals surface area contributed by atoms with Crippen molar-refractivity contribution in [3.8, 4) is 0 Å². The van der Waals surface area contributed by atoms with Gasteiger partial charge in [0.25, 0.3) is 5.56 Å². The Morgan fingerprint density at radius 2 is 1.85 bits per heavy atom. The van der Waals surface area contributed by atoms with Gasteiger partial charge in [-0.15, -0.1) is 0 Å². The first-order valence-electron chi connectivity index (χ1n) is 10.2. The molecule has 0 atom stereocenters. The fourth-order valence-corrected chi connectivity index (χ4v) is 3.92. The molecule has 3 heterocycles. The highest BCUT2D eigenvalue weighted by atomic mass is 16.1. The van der Waals surface area contributed by atoms with E-state index in [0.717, 1.165) is 44.7 Å². The summed E-state index contributed by atoms with van der Waals surface area (Å²) in [5.41, 5.74) is 2.29. The first-order chi connectivity index (χ1) is 12.9. The minimum absolute atomic E-state index is 0.0127. The third-order valence-electron chi connectivity index (χ3n) is 5.85. The summed E-state index contributed by atoms with van der Waals surface area (Å²) in [6.07, 6.45) is 8.82. The fraction of sp³-hybridized carbons (Fsp3) is 0.667. The molecule has 6 heteroatoms. The summed E-state index contributed by atoms with van der Waals surface area (Å²) in [5, 5.41) is 4.63. The lowest BCUT2D eigenvalue weighted by molar-refractivity contribution is 0.160. The van der Waals surface area contributed by atoms with E-state index < -0.39 is 0 Å². The maximum absolute atomic E-state index is 12.2. The van der Waals surface area contributed by atoms with Crippen LogP contribution in [0.5, 0.6) is 0 Å². The number of hydrogen-bond donors (Lipinski definition) is 0. The normalized spacial score (nSPS) is 19.5. The number of likely N-dealkylation sites (tertiary alicyclic amines) is 1. The van der Waals surface area contributed by atoms with Crippen molar-refractivity contribution in [2.45, 2.75) is 71.0 Å². The molecule has 0 radical (unpaired) electrons. The Morgan fingerprint density at radius 1 is 1.11 bits per heavy atom. The maximum Gasteiger partial charge on any atom is 0.266 e. The van der Waals surface area contributed by atoms with Gasteiger partial charge in [0.1, 0.15) is 0 Å². The van der Waals surface area contributed by atoms with Crippen LogP contribution in [-0.4, -0.2) is 37.3 Å². The van der Waals surface area contributed by atoms with Crippen LogP contribution in [0.4, 0.5) is 0 Å². The van der Waals surface area contributed by atoms with E-state index >= 15 is 0 Å². The van der Waals surface area contributed by atoms with Gasteiger partial charge in [-0.3, -0.25) is 9.69 Å². The molecule has 0 N–H and O–H groups in total. The molecule has 0 bridgehead atoms. The van der Waals surface area contributed by atoms with Gasteiger partial charge in [0.05, 0.1) is 17.7 Å². The molecule has 0 spiro atoms. The zero-order valence-electron chi connectivity index (χ0n) is 16.8. The molecule has 27 heavy (non-hydrogen) atoms. The average molecular weight is 370 g/mol. The van der Waals surface area contributed by atoms with Crippen molar-refractivity contribution in [3.05, 3.63) is 46.4 Å². The first-order valence-corrected chi connectivity index (χ1v) is 10.2. The van der Waals surface area contributed by atoms with Crippen molar-refractivity contribution in [2.75, 3.05) is 13.1 Å². The number of nitrogens with zero attached hydrogens (tertiary/aromatic N) is 5. The van der Waals surface area contributed by atoms with Crippen molar-refractivity contribution >= 4 is 0 Å². The van der Waals surface area contributed by atoms with Crippen LogP contribution in [0.3, 0.4) is 0 Å². The van der Waals surface area contributed by atoms with Crippen LogP contribution in [0, 0.1) is 5.92 Å². The summed E-state index contributed by atoms with van der Waals surface area (Å²) >= 11 is 0. The van der Waals surface area contributed by atoms with E-state index in [2.05, 4.69) is 40.3 Å². The number of hydrogen-bond acceptors (Lipinski definition) is 4. The molecule has 2 aliphatic rings. The standard InChI is InChI=1S/C21H31N5O/c1-21(2,3)19-6-7-20(27)26(23-19)13-16-8-10-24(11-9-16)14-18-12-22-15-25(18)17-4-5-17/h6-7,12,15-17H,4-5,8-11,13-14H2,1-3H3. The third-order valence-corrected chi connectivity index (χ3v) is 5.85. The largest absolute Gasteiger partial charge is 0.330 e. The summed E-state index contributed by atoms with van der Waals surface area (Å²) in [7, 11) is 0. The average Bonchev–Trinajstić information content (AvgIpc) is 3.37. The molecule has 0 aromatic carbocycles. The minimum atomic E-state index is -0.0384. The molecule has 6 nitrogen and oxygen atoms in total. The van der Waals surface area contributed by atoms with Gasteiger partial charge in [-0.25, -0.2) is 9.67 Å². The Hall–Kier alpha value is -1.95. The van der Waals surface area contributed by atoms with Crippen molar-refractivity contribution in [2.24, 2.45) is 5.92 Å². The smallest absolute Gasteiger partial charge is 0.266 e. The SMILES string of the molecule is CC(C)(C)c1ccc(=O)n(CC2CCN(Cc3cncn3C3CC3)CC2)n1. The number of aromatic nitrogens is 4. The zero-order chi connectivity index (χ0) is 19.0. The van der Waals surface area contributed by atoms with E-state index in [-0.39, 0.29) is 11.0 Å². The van der Waals surface area contributed by atoms with Crippen LogP contribution in [0.15, 0.2) is 29.5 Å².